The van der Waals surface area contributed by atoms with Gasteiger partial charge in [-0.15, -0.1) is 0 Å². The van der Waals surface area contributed by atoms with Crippen molar-refractivity contribution in [3.63, 3.8) is 0 Å². The molecule has 1 atom stereocenters. The number of rotatable bonds is 10. The number of carboxylic acids is 1. The zero-order valence-electron chi connectivity index (χ0n) is 14.7. The Kier molecular flexibility index (Phi) is 6.56. The molecular formula is C19H25NO5. The minimum Gasteiger partial charge on any atom is -0.494 e. The molecule has 0 saturated heterocycles. The van der Waals surface area contributed by atoms with Crippen LogP contribution in [-0.2, 0) is 9.59 Å². The number of benzene rings is 1. The molecule has 0 bridgehead atoms. The Morgan fingerprint density at radius 1 is 1.20 bits per heavy atom. The number of ether oxygens (including phenoxy) is 1. The number of carboxylic acid groups (broad SMARTS) is 1. The molecule has 1 N–H and O–H groups in total. The lowest BCUT2D eigenvalue weighted by Crippen LogP contribution is -2.44. The van der Waals surface area contributed by atoms with Crippen molar-refractivity contribution in [2.24, 2.45) is 0 Å². The topological polar surface area (TPSA) is 83.9 Å². The lowest BCUT2D eigenvalue weighted by atomic mass is 10.1. The fraction of sp³-hybridized carbons (Fsp3) is 0.526. The second kappa shape index (κ2) is 8.65. The van der Waals surface area contributed by atoms with Crippen molar-refractivity contribution >= 4 is 17.7 Å². The van der Waals surface area contributed by atoms with E-state index in [1.54, 1.807) is 24.3 Å². The Morgan fingerprint density at radius 2 is 1.84 bits per heavy atom. The van der Waals surface area contributed by atoms with Crippen molar-refractivity contribution in [3.8, 4) is 5.75 Å². The summed E-state index contributed by atoms with van der Waals surface area (Å²) < 4.78 is 5.47. The average Bonchev–Trinajstić information content (AvgIpc) is 3.43. The summed E-state index contributed by atoms with van der Waals surface area (Å²) in [6.07, 6.45) is 2.67. The quantitative estimate of drug-likeness (QED) is 0.658. The normalized spacial score (nSPS) is 14.6. The van der Waals surface area contributed by atoms with E-state index >= 15 is 0 Å². The molecule has 136 valence electrons. The standard InChI is InChI=1S/C19H25NO5/c1-3-12-25-16-8-4-14(5-9-16)17(21)10-11-18(22)20(15-6-7-15)13(2)19(23)24/h4-5,8-9,13,15H,3,6-7,10-12H2,1-2H3,(H,23,24). The number of hydrogen-bond acceptors (Lipinski definition) is 4. The number of Topliss-reactive ketones (excluding diaryl/α,β-unsaturated/α-hetero) is 1. The van der Waals surface area contributed by atoms with E-state index in [0.29, 0.717) is 17.9 Å². The van der Waals surface area contributed by atoms with Crippen LogP contribution in [0.1, 0.15) is 56.3 Å². The van der Waals surface area contributed by atoms with Gasteiger partial charge in [0.2, 0.25) is 5.91 Å². The minimum absolute atomic E-state index is 0.00343. The van der Waals surface area contributed by atoms with Crippen molar-refractivity contribution in [1.82, 2.24) is 4.90 Å². The second-order valence-electron chi connectivity index (χ2n) is 6.34. The molecule has 0 aromatic heterocycles. The smallest absolute Gasteiger partial charge is 0.326 e. The molecule has 2 rings (SSSR count). The molecule has 0 aliphatic heterocycles. The predicted octanol–water partition coefficient (Wildman–Crippen LogP) is 2.90. The molecule has 0 heterocycles. The van der Waals surface area contributed by atoms with Crippen LogP contribution < -0.4 is 4.74 Å². The Bertz CT molecular complexity index is 621. The fourth-order valence-electron chi connectivity index (χ4n) is 2.66. The number of ketones is 1. The lowest BCUT2D eigenvalue weighted by molar-refractivity contribution is -0.150. The summed E-state index contributed by atoms with van der Waals surface area (Å²) in [6.45, 7) is 4.15. The molecule has 1 aliphatic rings. The molecule has 1 unspecified atom stereocenters. The summed E-state index contributed by atoms with van der Waals surface area (Å²) in [5, 5.41) is 9.15. The van der Waals surface area contributed by atoms with E-state index in [4.69, 9.17) is 9.84 Å². The van der Waals surface area contributed by atoms with Crippen LogP contribution in [0.2, 0.25) is 0 Å². The Morgan fingerprint density at radius 3 is 2.36 bits per heavy atom. The molecule has 6 heteroatoms. The molecule has 1 aromatic rings. The van der Waals surface area contributed by atoms with Crippen molar-refractivity contribution < 1.29 is 24.2 Å². The first-order valence-corrected chi connectivity index (χ1v) is 8.74. The van der Waals surface area contributed by atoms with E-state index in [-0.39, 0.29) is 30.6 Å². The summed E-state index contributed by atoms with van der Waals surface area (Å²) >= 11 is 0. The SMILES string of the molecule is CCCOc1ccc(C(=O)CCC(=O)N(C2CC2)C(C)C(=O)O)cc1. The molecule has 1 fully saturated rings. The third-order valence-electron chi connectivity index (χ3n) is 4.22. The van der Waals surface area contributed by atoms with E-state index in [9.17, 15) is 14.4 Å². The number of nitrogens with zero attached hydrogens (tertiary/aromatic N) is 1. The van der Waals surface area contributed by atoms with E-state index in [0.717, 1.165) is 19.3 Å². The first-order valence-electron chi connectivity index (χ1n) is 8.74. The van der Waals surface area contributed by atoms with E-state index < -0.39 is 12.0 Å². The molecule has 1 amide bonds. The maximum atomic E-state index is 12.4. The zero-order valence-corrected chi connectivity index (χ0v) is 14.7. The van der Waals surface area contributed by atoms with Crippen LogP contribution in [0, 0.1) is 0 Å². The third-order valence-corrected chi connectivity index (χ3v) is 4.22. The van der Waals surface area contributed by atoms with Gasteiger partial charge in [0.05, 0.1) is 6.61 Å². The Balaban J connectivity index is 1.89. The van der Waals surface area contributed by atoms with Gasteiger partial charge >= 0.3 is 5.97 Å². The van der Waals surface area contributed by atoms with Gasteiger partial charge in [-0.25, -0.2) is 4.79 Å². The average molecular weight is 347 g/mol. The zero-order chi connectivity index (χ0) is 18.4. The summed E-state index contributed by atoms with van der Waals surface area (Å²) in [4.78, 5) is 37.2. The molecule has 0 radical (unpaired) electrons. The number of hydrogen-bond donors (Lipinski definition) is 1. The summed E-state index contributed by atoms with van der Waals surface area (Å²) in [5.41, 5.74) is 0.529. The Labute approximate surface area is 147 Å². The van der Waals surface area contributed by atoms with E-state index in [2.05, 4.69) is 0 Å². The van der Waals surface area contributed by atoms with Crippen LogP contribution in [0.15, 0.2) is 24.3 Å². The van der Waals surface area contributed by atoms with Crippen LogP contribution >= 0.6 is 0 Å². The highest BCUT2D eigenvalue weighted by molar-refractivity contribution is 5.98. The summed E-state index contributed by atoms with van der Waals surface area (Å²) in [5.74, 6) is -0.707. The predicted molar refractivity (Wildman–Crippen MR) is 92.8 cm³/mol. The maximum absolute atomic E-state index is 12.4. The monoisotopic (exact) mass is 347 g/mol. The van der Waals surface area contributed by atoms with Gasteiger partial charge in [-0.2, -0.15) is 0 Å². The van der Waals surface area contributed by atoms with Crippen LogP contribution in [-0.4, -0.2) is 46.4 Å². The molecular weight excluding hydrogens is 322 g/mol. The van der Waals surface area contributed by atoms with Crippen LogP contribution in [0.5, 0.6) is 5.75 Å². The summed E-state index contributed by atoms with van der Waals surface area (Å²) in [7, 11) is 0. The van der Waals surface area contributed by atoms with Gasteiger partial charge in [-0.1, -0.05) is 6.92 Å². The molecule has 1 saturated carbocycles. The van der Waals surface area contributed by atoms with Crippen LogP contribution in [0.25, 0.3) is 0 Å². The maximum Gasteiger partial charge on any atom is 0.326 e. The van der Waals surface area contributed by atoms with E-state index in [1.807, 2.05) is 6.92 Å². The first kappa shape index (κ1) is 19.0. The van der Waals surface area contributed by atoms with E-state index in [1.165, 1.54) is 11.8 Å². The van der Waals surface area contributed by atoms with Gasteiger partial charge in [0, 0.05) is 24.4 Å². The first-order chi connectivity index (χ1) is 11.9. The minimum atomic E-state index is -1.02. The van der Waals surface area contributed by atoms with Crippen molar-refractivity contribution in [2.75, 3.05) is 6.61 Å². The fourth-order valence-corrected chi connectivity index (χ4v) is 2.66. The lowest BCUT2D eigenvalue weighted by Gasteiger charge is -2.26. The highest BCUT2D eigenvalue weighted by atomic mass is 16.5. The molecule has 0 spiro atoms. The highest BCUT2D eigenvalue weighted by Gasteiger charge is 2.38. The number of carbonyl (C=O) groups is 3. The van der Waals surface area contributed by atoms with Crippen LogP contribution in [0.4, 0.5) is 0 Å². The molecule has 6 nitrogen and oxygen atoms in total. The number of aliphatic carboxylic acids is 1. The summed E-state index contributed by atoms with van der Waals surface area (Å²) in [6, 6.07) is 6.02. The number of amides is 1. The Hall–Kier alpha value is -2.37. The van der Waals surface area contributed by atoms with Crippen molar-refractivity contribution in [3.05, 3.63) is 29.8 Å². The largest absolute Gasteiger partial charge is 0.494 e. The van der Waals surface area contributed by atoms with Crippen molar-refractivity contribution in [2.45, 2.75) is 58.0 Å². The van der Waals surface area contributed by atoms with Gasteiger partial charge in [0.25, 0.3) is 0 Å². The molecule has 25 heavy (non-hydrogen) atoms. The molecule has 1 aliphatic carbocycles. The van der Waals surface area contributed by atoms with Crippen molar-refractivity contribution in [1.29, 1.82) is 0 Å². The van der Waals surface area contributed by atoms with Gasteiger partial charge < -0.3 is 14.7 Å². The van der Waals surface area contributed by atoms with Gasteiger partial charge in [0.15, 0.2) is 5.78 Å². The van der Waals surface area contributed by atoms with Crippen LogP contribution in [0.3, 0.4) is 0 Å². The molecule has 1 aromatic carbocycles. The third kappa shape index (κ3) is 5.31. The number of carbonyl (C=O) groups excluding carboxylic acids is 2. The van der Waals surface area contributed by atoms with Gasteiger partial charge in [-0.3, -0.25) is 9.59 Å². The second-order valence-corrected chi connectivity index (χ2v) is 6.34. The van der Waals surface area contributed by atoms with Gasteiger partial charge in [0.1, 0.15) is 11.8 Å². The van der Waals surface area contributed by atoms with Gasteiger partial charge in [-0.05, 0) is 50.5 Å². The highest BCUT2D eigenvalue weighted by Crippen LogP contribution is 2.29.